The summed E-state index contributed by atoms with van der Waals surface area (Å²) < 4.78 is 19.4. The van der Waals surface area contributed by atoms with E-state index in [2.05, 4.69) is 20.4 Å². The lowest BCUT2D eigenvalue weighted by molar-refractivity contribution is 0.0696. The fraction of sp³-hybridized carbons (Fsp3) is 0.250. The van der Waals surface area contributed by atoms with Gasteiger partial charge in [-0.1, -0.05) is 32.1 Å². The van der Waals surface area contributed by atoms with Gasteiger partial charge in [-0.15, -0.1) is 6.58 Å². The predicted octanol–water partition coefficient (Wildman–Crippen LogP) is 5.56. The summed E-state index contributed by atoms with van der Waals surface area (Å²) in [5.74, 6) is -1.38. The molecule has 2 aromatic rings. The van der Waals surface area contributed by atoms with Crippen molar-refractivity contribution >= 4 is 5.97 Å². The highest BCUT2D eigenvalue weighted by atomic mass is 19.1. The molecule has 0 radical (unpaired) electrons. The molecule has 4 heteroatoms. The lowest BCUT2D eigenvalue weighted by Crippen LogP contribution is -2.19. The van der Waals surface area contributed by atoms with E-state index in [1.165, 1.54) is 17.7 Å². The van der Waals surface area contributed by atoms with Crippen LogP contribution in [0.5, 0.6) is 11.5 Å². The Kier molecular flexibility index (Phi) is 5.39. The van der Waals surface area contributed by atoms with E-state index in [0.29, 0.717) is 5.75 Å². The molecule has 0 bridgehead atoms. The molecule has 0 aliphatic carbocycles. The average Bonchev–Trinajstić information content (AvgIpc) is 2.57. The average molecular weight is 328 g/mol. The molecule has 24 heavy (non-hydrogen) atoms. The Morgan fingerprint density at radius 3 is 2.46 bits per heavy atom. The zero-order valence-corrected chi connectivity index (χ0v) is 13.9. The fourth-order valence-corrected chi connectivity index (χ4v) is 2.55. The van der Waals surface area contributed by atoms with E-state index in [4.69, 9.17) is 9.84 Å². The molecule has 0 aliphatic heterocycles. The van der Waals surface area contributed by atoms with Crippen molar-refractivity contribution in [1.82, 2.24) is 0 Å². The molecule has 0 aliphatic rings. The molecule has 0 spiro atoms. The van der Waals surface area contributed by atoms with Crippen LogP contribution in [0.25, 0.3) is 0 Å². The van der Waals surface area contributed by atoms with E-state index in [-0.39, 0.29) is 16.7 Å². The van der Waals surface area contributed by atoms with Crippen LogP contribution >= 0.6 is 0 Å². The first-order valence-electron chi connectivity index (χ1n) is 7.82. The van der Waals surface area contributed by atoms with Crippen molar-refractivity contribution in [2.24, 2.45) is 0 Å². The topological polar surface area (TPSA) is 46.5 Å². The summed E-state index contributed by atoms with van der Waals surface area (Å²) in [4.78, 5) is 10.8. The number of allylic oxidation sites excluding steroid dienone is 1. The monoisotopic (exact) mass is 328 g/mol. The number of benzene rings is 2. The molecule has 0 aromatic heterocycles. The van der Waals surface area contributed by atoms with Gasteiger partial charge < -0.3 is 9.84 Å². The molecule has 1 unspecified atom stereocenters. The minimum atomic E-state index is -1.18. The van der Waals surface area contributed by atoms with Crippen molar-refractivity contribution in [3.05, 3.63) is 72.1 Å². The Hall–Kier alpha value is -2.62. The van der Waals surface area contributed by atoms with Gasteiger partial charge in [0.25, 0.3) is 0 Å². The van der Waals surface area contributed by atoms with Gasteiger partial charge in [-0.05, 0) is 54.2 Å². The highest BCUT2D eigenvalue weighted by Crippen LogP contribution is 2.33. The van der Waals surface area contributed by atoms with Crippen LogP contribution in [-0.2, 0) is 5.41 Å². The highest BCUT2D eigenvalue weighted by molar-refractivity contribution is 5.87. The van der Waals surface area contributed by atoms with Crippen LogP contribution in [0.3, 0.4) is 0 Å². The molecule has 3 nitrogen and oxygen atoms in total. The largest absolute Gasteiger partial charge is 0.478 e. The number of hydrogen-bond acceptors (Lipinski definition) is 2. The molecule has 2 aromatic carbocycles. The lowest BCUT2D eigenvalue weighted by atomic mass is 9.77. The number of ether oxygens (including phenoxy) is 1. The second-order valence-electron chi connectivity index (χ2n) is 5.98. The van der Waals surface area contributed by atoms with Crippen LogP contribution < -0.4 is 4.74 Å². The van der Waals surface area contributed by atoms with Gasteiger partial charge >= 0.3 is 5.97 Å². The van der Waals surface area contributed by atoms with Crippen molar-refractivity contribution in [2.75, 3.05) is 0 Å². The maximum absolute atomic E-state index is 13.9. The summed E-state index contributed by atoms with van der Waals surface area (Å²) >= 11 is 0. The van der Waals surface area contributed by atoms with Gasteiger partial charge in [0.1, 0.15) is 5.75 Å². The summed E-state index contributed by atoms with van der Waals surface area (Å²) in [5.41, 5.74) is 1.06. The maximum Gasteiger partial charge on any atom is 0.335 e. The molecule has 0 fully saturated rings. The van der Waals surface area contributed by atoms with Crippen LogP contribution in [0.1, 0.15) is 42.6 Å². The summed E-state index contributed by atoms with van der Waals surface area (Å²) in [5, 5.41) is 8.85. The fourth-order valence-electron chi connectivity index (χ4n) is 2.55. The van der Waals surface area contributed by atoms with Gasteiger partial charge in [0.15, 0.2) is 11.6 Å². The number of aromatic carboxylic acids is 1. The summed E-state index contributed by atoms with van der Waals surface area (Å²) in [6.45, 7) is 8.12. The Balaban J connectivity index is 2.20. The van der Waals surface area contributed by atoms with Crippen LogP contribution in [0, 0.1) is 5.82 Å². The first kappa shape index (κ1) is 17.7. The number of halogens is 1. The van der Waals surface area contributed by atoms with Crippen molar-refractivity contribution in [3.63, 3.8) is 0 Å². The summed E-state index contributed by atoms with van der Waals surface area (Å²) in [6, 6.07) is 11.1. The molecule has 1 atom stereocenters. The third-order valence-corrected chi connectivity index (χ3v) is 4.33. The first-order chi connectivity index (χ1) is 11.4. The number of rotatable bonds is 7. The van der Waals surface area contributed by atoms with Crippen molar-refractivity contribution in [2.45, 2.75) is 32.1 Å². The smallest absolute Gasteiger partial charge is 0.335 e. The van der Waals surface area contributed by atoms with Crippen LogP contribution in [0.2, 0.25) is 0 Å². The van der Waals surface area contributed by atoms with Gasteiger partial charge in [-0.25, -0.2) is 9.18 Å². The van der Waals surface area contributed by atoms with E-state index < -0.39 is 11.8 Å². The van der Waals surface area contributed by atoms with E-state index >= 15 is 0 Å². The predicted molar refractivity (Wildman–Crippen MR) is 92.3 cm³/mol. The number of carbonyl (C=O) groups is 1. The quantitative estimate of drug-likeness (QED) is 0.677. The zero-order valence-electron chi connectivity index (χ0n) is 13.9. The first-order valence-corrected chi connectivity index (χ1v) is 7.82. The molecule has 126 valence electrons. The second-order valence-corrected chi connectivity index (χ2v) is 5.98. The maximum atomic E-state index is 13.9. The van der Waals surface area contributed by atoms with Gasteiger partial charge in [0.05, 0.1) is 5.56 Å². The summed E-state index contributed by atoms with van der Waals surface area (Å²) in [7, 11) is 0. The molecule has 2 rings (SSSR count). The van der Waals surface area contributed by atoms with Crippen molar-refractivity contribution in [3.8, 4) is 11.5 Å². The van der Waals surface area contributed by atoms with E-state index in [1.807, 2.05) is 18.2 Å². The highest BCUT2D eigenvalue weighted by Gasteiger charge is 2.22. The van der Waals surface area contributed by atoms with Crippen molar-refractivity contribution in [1.29, 1.82) is 0 Å². The molecule has 1 N–H and O–H groups in total. The molecule has 0 heterocycles. The minimum absolute atomic E-state index is 0.00269. The molecule has 0 saturated heterocycles. The number of carboxylic acids is 1. The van der Waals surface area contributed by atoms with E-state index in [0.717, 1.165) is 18.9 Å². The van der Waals surface area contributed by atoms with Gasteiger partial charge in [0.2, 0.25) is 0 Å². The summed E-state index contributed by atoms with van der Waals surface area (Å²) in [6.07, 6.45) is 3.76. The second kappa shape index (κ2) is 7.30. The van der Waals surface area contributed by atoms with Crippen LogP contribution in [-0.4, -0.2) is 11.1 Å². The Morgan fingerprint density at radius 1 is 1.29 bits per heavy atom. The van der Waals surface area contributed by atoms with Gasteiger partial charge in [-0.3, -0.25) is 0 Å². The molecular formula is C20H21FO3. The van der Waals surface area contributed by atoms with E-state index in [1.54, 1.807) is 12.1 Å². The minimum Gasteiger partial charge on any atom is -0.478 e. The van der Waals surface area contributed by atoms with Gasteiger partial charge in [0, 0.05) is 0 Å². The number of carboxylic acid groups (broad SMARTS) is 1. The normalized spacial score (nSPS) is 13.1. The van der Waals surface area contributed by atoms with Crippen LogP contribution in [0.15, 0.2) is 55.1 Å². The van der Waals surface area contributed by atoms with Crippen LogP contribution in [0.4, 0.5) is 4.39 Å². The molecular weight excluding hydrogens is 307 g/mol. The lowest BCUT2D eigenvalue weighted by Gasteiger charge is -2.27. The number of hydrogen-bond donors (Lipinski definition) is 1. The standard InChI is InChI=1S/C20H21FO3/c1-4-12-20(3,5-2)15-7-9-16(10-8-15)24-18-11-6-14(19(22)23)13-17(18)21/h4,6-11,13H,1,5,12H2,2-3H3,(H,22,23). The molecule has 0 saturated carbocycles. The Morgan fingerprint density at radius 2 is 1.96 bits per heavy atom. The Bertz CT molecular complexity index is 737. The van der Waals surface area contributed by atoms with Gasteiger partial charge in [-0.2, -0.15) is 0 Å². The van der Waals surface area contributed by atoms with E-state index in [9.17, 15) is 9.18 Å². The van der Waals surface area contributed by atoms with Crippen molar-refractivity contribution < 1.29 is 19.0 Å². The third-order valence-electron chi connectivity index (χ3n) is 4.33. The SMILES string of the molecule is C=CCC(C)(CC)c1ccc(Oc2ccc(C(=O)O)cc2F)cc1. The zero-order chi connectivity index (χ0) is 17.7. The third kappa shape index (κ3) is 3.82. The molecule has 0 amide bonds. The Labute approximate surface area is 141 Å².